The lowest BCUT2D eigenvalue weighted by Crippen LogP contribution is -2.51. The summed E-state index contributed by atoms with van der Waals surface area (Å²) in [6, 6.07) is 13.6. The molecule has 0 spiro atoms. The SMILES string of the molecule is COc1ccccc1CNC(=O)N1CCN(c2ccc3c(c2)OCO3)CC1. The van der Waals surface area contributed by atoms with E-state index in [1.807, 2.05) is 47.4 Å². The Bertz CT molecular complexity index is 819. The molecule has 142 valence electrons. The molecule has 2 aliphatic rings. The predicted molar refractivity (Wildman–Crippen MR) is 102 cm³/mol. The third-order valence-electron chi connectivity index (χ3n) is 4.91. The molecule has 1 N–H and O–H groups in total. The number of nitrogens with one attached hydrogen (secondary N) is 1. The zero-order chi connectivity index (χ0) is 18.6. The van der Waals surface area contributed by atoms with Crippen molar-refractivity contribution in [2.75, 3.05) is 45.0 Å². The van der Waals surface area contributed by atoms with E-state index in [4.69, 9.17) is 14.2 Å². The van der Waals surface area contributed by atoms with Gasteiger partial charge in [0.1, 0.15) is 5.75 Å². The number of carbonyl (C=O) groups excluding carboxylic acids is 1. The van der Waals surface area contributed by atoms with Crippen LogP contribution in [0, 0.1) is 0 Å². The Morgan fingerprint density at radius 2 is 1.85 bits per heavy atom. The first kappa shape index (κ1) is 17.3. The van der Waals surface area contributed by atoms with Gasteiger partial charge in [0.05, 0.1) is 7.11 Å². The van der Waals surface area contributed by atoms with Crippen LogP contribution in [-0.4, -0.2) is 51.0 Å². The van der Waals surface area contributed by atoms with E-state index in [2.05, 4.69) is 10.2 Å². The summed E-state index contributed by atoms with van der Waals surface area (Å²) in [4.78, 5) is 16.6. The number of rotatable bonds is 4. The van der Waals surface area contributed by atoms with Crippen molar-refractivity contribution in [3.8, 4) is 17.2 Å². The number of carbonyl (C=O) groups is 1. The van der Waals surface area contributed by atoms with Crippen molar-refractivity contribution in [3.63, 3.8) is 0 Å². The Labute approximate surface area is 158 Å². The Balaban J connectivity index is 1.30. The largest absolute Gasteiger partial charge is 0.496 e. The zero-order valence-electron chi connectivity index (χ0n) is 15.3. The molecule has 1 saturated heterocycles. The van der Waals surface area contributed by atoms with Gasteiger partial charge in [0.15, 0.2) is 11.5 Å². The average molecular weight is 369 g/mol. The van der Waals surface area contributed by atoms with Crippen molar-refractivity contribution >= 4 is 11.7 Å². The number of benzene rings is 2. The first-order chi connectivity index (χ1) is 13.2. The molecule has 0 radical (unpaired) electrons. The second-order valence-electron chi connectivity index (χ2n) is 6.48. The lowest BCUT2D eigenvalue weighted by Gasteiger charge is -2.36. The topological polar surface area (TPSA) is 63.3 Å². The van der Waals surface area contributed by atoms with Gasteiger partial charge in [-0.1, -0.05) is 18.2 Å². The number of ether oxygens (including phenoxy) is 3. The summed E-state index contributed by atoms with van der Waals surface area (Å²) >= 11 is 0. The Morgan fingerprint density at radius 1 is 1.07 bits per heavy atom. The molecular formula is C20H23N3O4. The second kappa shape index (κ2) is 7.65. The maximum atomic E-state index is 12.5. The van der Waals surface area contributed by atoms with E-state index in [1.165, 1.54) is 0 Å². The number of hydrogen-bond donors (Lipinski definition) is 1. The van der Waals surface area contributed by atoms with Crippen LogP contribution in [0.25, 0.3) is 0 Å². The summed E-state index contributed by atoms with van der Waals surface area (Å²) in [6.45, 7) is 3.63. The quantitative estimate of drug-likeness (QED) is 0.897. The molecule has 7 heteroatoms. The van der Waals surface area contributed by atoms with Gasteiger partial charge in [-0.25, -0.2) is 4.79 Å². The minimum Gasteiger partial charge on any atom is -0.496 e. The first-order valence-corrected chi connectivity index (χ1v) is 9.04. The van der Waals surface area contributed by atoms with Crippen LogP contribution in [0.1, 0.15) is 5.56 Å². The van der Waals surface area contributed by atoms with Crippen molar-refractivity contribution in [2.45, 2.75) is 6.54 Å². The highest BCUT2D eigenvalue weighted by molar-refractivity contribution is 5.74. The molecule has 0 aromatic heterocycles. The van der Waals surface area contributed by atoms with Crippen LogP contribution in [0.4, 0.5) is 10.5 Å². The van der Waals surface area contributed by atoms with E-state index in [1.54, 1.807) is 7.11 Å². The van der Waals surface area contributed by atoms with Crippen molar-refractivity contribution in [1.29, 1.82) is 0 Å². The van der Waals surface area contributed by atoms with E-state index in [0.717, 1.165) is 41.6 Å². The first-order valence-electron chi connectivity index (χ1n) is 9.04. The maximum Gasteiger partial charge on any atom is 0.317 e. The van der Waals surface area contributed by atoms with Gasteiger partial charge < -0.3 is 29.3 Å². The molecule has 0 saturated carbocycles. The summed E-state index contributed by atoms with van der Waals surface area (Å²) in [5, 5.41) is 2.98. The lowest BCUT2D eigenvalue weighted by atomic mass is 10.2. The molecular weight excluding hydrogens is 346 g/mol. The molecule has 2 amide bonds. The Kier molecular flexibility index (Phi) is 4.91. The average Bonchev–Trinajstić information content (AvgIpc) is 3.20. The van der Waals surface area contributed by atoms with E-state index in [9.17, 15) is 4.79 Å². The lowest BCUT2D eigenvalue weighted by molar-refractivity contribution is 0.174. The number of fused-ring (bicyclic) bond motifs is 1. The Morgan fingerprint density at radius 3 is 2.67 bits per heavy atom. The summed E-state index contributed by atoms with van der Waals surface area (Å²) in [7, 11) is 1.63. The van der Waals surface area contributed by atoms with Crippen LogP contribution >= 0.6 is 0 Å². The highest BCUT2D eigenvalue weighted by atomic mass is 16.7. The van der Waals surface area contributed by atoms with E-state index >= 15 is 0 Å². The summed E-state index contributed by atoms with van der Waals surface area (Å²) in [5.74, 6) is 2.35. The molecule has 0 atom stereocenters. The smallest absolute Gasteiger partial charge is 0.317 e. The van der Waals surface area contributed by atoms with E-state index < -0.39 is 0 Å². The van der Waals surface area contributed by atoms with Crippen molar-refractivity contribution < 1.29 is 19.0 Å². The number of hydrogen-bond acceptors (Lipinski definition) is 5. The summed E-state index contributed by atoms with van der Waals surface area (Å²) < 4.78 is 16.1. The fourth-order valence-corrected chi connectivity index (χ4v) is 3.38. The minimum atomic E-state index is -0.0498. The number of para-hydroxylation sites is 1. The third-order valence-corrected chi connectivity index (χ3v) is 4.91. The molecule has 2 aliphatic heterocycles. The number of amides is 2. The molecule has 27 heavy (non-hydrogen) atoms. The monoisotopic (exact) mass is 369 g/mol. The number of urea groups is 1. The highest BCUT2D eigenvalue weighted by Crippen LogP contribution is 2.35. The molecule has 1 fully saturated rings. The van der Waals surface area contributed by atoms with Crippen molar-refractivity contribution in [3.05, 3.63) is 48.0 Å². The van der Waals surface area contributed by atoms with E-state index in [0.29, 0.717) is 19.6 Å². The minimum absolute atomic E-state index is 0.0498. The molecule has 0 aliphatic carbocycles. The molecule has 0 unspecified atom stereocenters. The number of piperazine rings is 1. The number of methoxy groups -OCH3 is 1. The van der Waals surface area contributed by atoms with Crippen LogP contribution in [0.5, 0.6) is 17.2 Å². The second-order valence-corrected chi connectivity index (χ2v) is 6.48. The number of nitrogens with zero attached hydrogens (tertiary/aromatic N) is 2. The standard InChI is InChI=1S/C20H23N3O4/c1-25-17-5-3-2-4-15(17)13-21-20(24)23-10-8-22(9-11-23)16-6-7-18-19(12-16)27-14-26-18/h2-7,12H,8-11,13-14H2,1H3,(H,21,24). The van der Waals surface area contributed by atoms with Gasteiger partial charge in [-0.05, 0) is 18.2 Å². The molecule has 2 heterocycles. The summed E-state index contributed by atoms with van der Waals surface area (Å²) in [6.07, 6.45) is 0. The molecule has 4 rings (SSSR count). The van der Waals surface area contributed by atoms with Crippen LogP contribution in [0.15, 0.2) is 42.5 Å². The summed E-state index contributed by atoms with van der Waals surface area (Å²) in [5.41, 5.74) is 2.06. The molecule has 2 aromatic carbocycles. The number of anilines is 1. The van der Waals surface area contributed by atoms with Crippen molar-refractivity contribution in [2.24, 2.45) is 0 Å². The fraction of sp³-hybridized carbons (Fsp3) is 0.350. The normalized spacial score (nSPS) is 15.6. The van der Waals surface area contributed by atoms with Gasteiger partial charge in [-0.15, -0.1) is 0 Å². The van der Waals surface area contributed by atoms with Gasteiger partial charge >= 0.3 is 6.03 Å². The van der Waals surface area contributed by atoms with Crippen LogP contribution in [0.3, 0.4) is 0 Å². The van der Waals surface area contributed by atoms with Gasteiger partial charge in [-0.2, -0.15) is 0 Å². The predicted octanol–water partition coefficient (Wildman–Crippen LogP) is 2.46. The molecule has 0 bridgehead atoms. The highest BCUT2D eigenvalue weighted by Gasteiger charge is 2.23. The van der Waals surface area contributed by atoms with Gasteiger partial charge in [-0.3, -0.25) is 0 Å². The van der Waals surface area contributed by atoms with Crippen LogP contribution in [0.2, 0.25) is 0 Å². The fourth-order valence-electron chi connectivity index (χ4n) is 3.38. The van der Waals surface area contributed by atoms with Crippen LogP contribution < -0.4 is 24.4 Å². The van der Waals surface area contributed by atoms with Crippen LogP contribution in [-0.2, 0) is 6.54 Å². The zero-order valence-corrected chi connectivity index (χ0v) is 15.3. The third kappa shape index (κ3) is 3.72. The maximum absolute atomic E-state index is 12.5. The van der Waals surface area contributed by atoms with Crippen molar-refractivity contribution in [1.82, 2.24) is 10.2 Å². The molecule has 7 nitrogen and oxygen atoms in total. The van der Waals surface area contributed by atoms with Gasteiger partial charge in [0, 0.05) is 50.0 Å². The molecule has 2 aromatic rings. The van der Waals surface area contributed by atoms with Gasteiger partial charge in [0.2, 0.25) is 6.79 Å². The van der Waals surface area contributed by atoms with Gasteiger partial charge in [0.25, 0.3) is 0 Å². The Hall–Kier alpha value is -3.09. The van der Waals surface area contributed by atoms with E-state index in [-0.39, 0.29) is 12.8 Å².